The molecule has 4 aromatic rings. The minimum absolute atomic E-state index is 0.0359. The van der Waals surface area contributed by atoms with Crippen LogP contribution in [0.2, 0.25) is 0 Å². The van der Waals surface area contributed by atoms with Crippen LogP contribution in [0.25, 0.3) is 10.6 Å². The Morgan fingerprint density at radius 1 is 1.06 bits per heavy atom. The van der Waals surface area contributed by atoms with E-state index in [0.717, 1.165) is 0 Å². The lowest BCUT2D eigenvalue weighted by Gasteiger charge is -2.10. The van der Waals surface area contributed by atoms with Crippen molar-refractivity contribution in [1.29, 1.82) is 0 Å². The molecule has 2 heterocycles. The van der Waals surface area contributed by atoms with Gasteiger partial charge in [0.05, 0.1) is 36.2 Å². The minimum atomic E-state index is -0.339. The average Bonchev–Trinajstić information content (AvgIpc) is 3.44. The molecule has 0 radical (unpaired) electrons. The Balaban J connectivity index is 1.40. The summed E-state index contributed by atoms with van der Waals surface area (Å²) in [4.78, 5) is 29.5. The molecule has 8 heteroatoms. The van der Waals surface area contributed by atoms with Crippen molar-refractivity contribution in [1.82, 2.24) is 10.3 Å². The zero-order chi connectivity index (χ0) is 21.6. The molecule has 0 fully saturated rings. The van der Waals surface area contributed by atoms with E-state index in [9.17, 15) is 14.0 Å². The average molecular weight is 435 g/mol. The number of halogens is 1. The molecule has 2 aromatic heterocycles. The van der Waals surface area contributed by atoms with Gasteiger partial charge in [0.2, 0.25) is 5.91 Å². The van der Waals surface area contributed by atoms with Gasteiger partial charge in [-0.15, -0.1) is 11.3 Å². The molecular formula is C23H18FN3O3S. The number of amides is 2. The SMILES string of the molecule is O=C(Cc1csc(-c2cccc(F)c2)n1)Nc1ccccc1C(=O)NCc1ccco1. The molecule has 0 spiro atoms. The summed E-state index contributed by atoms with van der Waals surface area (Å²) in [5.74, 6) is -0.335. The van der Waals surface area contributed by atoms with E-state index in [1.54, 1.807) is 53.9 Å². The number of carbonyl (C=O) groups is 2. The number of aromatic nitrogens is 1. The highest BCUT2D eigenvalue weighted by Crippen LogP contribution is 2.24. The Hall–Kier alpha value is -3.78. The molecule has 6 nitrogen and oxygen atoms in total. The molecule has 0 bridgehead atoms. The van der Waals surface area contributed by atoms with Crippen LogP contribution in [0, 0.1) is 5.82 Å². The Kier molecular flexibility index (Phi) is 6.18. The van der Waals surface area contributed by atoms with E-state index < -0.39 is 0 Å². The van der Waals surface area contributed by atoms with Gasteiger partial charge < -0.3 is 15.1 Å². The zero-order valence-electron chi connectivity index (χ0n) is 16.3. The third-order valence-corrected chi connectivity index (χ3v) is 5.35. The molecule has 2 N–H and O–H groups in total. The number of anilines is 1. The number of hydrogen-bond acceptors (Lipinski definition) is 5. The number of nitrogens with zero attached hydrogens (tertiary/aromatic N) is 1. The van der Waals surface area contributed by atoms with Crippen LogP contribution in [0.5, 0.6) is 0 Å². The predicted octanol–water partition coefficient (Wildman–Crippen LogP) is 4.65. The summed E-state index contributed by atoms with van der Waals surface area (Å²) in [5.41, 5.74) is 1.99. The molecule has 0 saturated carbocycles. The van der Waals surface area contributed by atoms with E-state index in [1.165, 1.54) is 29.7 Å². The Bertz CT molecular complexity index is 1200. The maximum Gasteiger partial charge on any atom is 0.253 e. The van der Waals surface area contributed by atoms with Crippen molar-refractivity contribution in [3.05, 3.63) is 95.1 Å². The van der Waals surface area contributed by atoms with Gasteiger partial charge >= 0.3 is 0 Å². The Labute approximate surface area is 181 Å². The maximum absolute atomic E-state index is 13.4. The van der Waals surface area contributed by atoms with Gasteiger partial charge in [0, 0.05) is 10.9 Å². The lowest BCUT2D eigenvalue weighted by molar-refractivity contribution is -0.115. The van der Waals surface area contributed by atoms with Crippen LogP contribution in [0.15, 0.2) is 76.7 Å². The second-order valence-electron chi connectivity index (χ2n) is 6.69. The highest BCUT2D eigenvalue weighted by molar-refractivity contribution is 7.13. The van der Waals surface area contributed by atoms with E-state index in [-0.39, 0.29) is 30.6 Å². The normalized spacial score (nSPS) is 10.6. The van der Waals surface area contributed by atoms with Gasteiger partial charge in [-0.05, 0) is 36.4 Å². The lowest BCUT2D eigenvalue weighted by atomic mass is 10.1. The van der Waals surface area contributed by atoms with Gasteiger partial charge in [0.25, 0.3) is 5.91 Å². The summed E-state index contributed by atoms with van der Waals surface area (Å²) >= 11 is 1.34. The van der Waals surface area contributed by atoms with Crippen molar-refractivity contribution < 1.29 is 18.4 Å². The largest absolute Gasteiger partial charge is 0.467 e. The number of benzene rings is 2. The quantitative estimate of drug-likeness (QED) is 0.442. The number of hydrogen-bond donors (Lipinski definition) is 2. The topological polar surface area (TPSA) is 84.2 Å². The molecule has 0 unspecified atom stereocenters. The smallest absolute Gasteiger partial charge is 0.253 e. The molecule has 156 valence electrons. The maximum atomic E-state index is 13.4. The number of para-hydroxylation sites is 1. The van der Waals surface area contributed by atoms with Gasteiger partial charge in [-0.2, -0.15) is 0 Å². The lowest BCUT2D eigenvalue weighted by Crippen LogP contribution is -2.25. The van der Waals surface area contributed by atoms with E-state index in [0.29, 0.717) is 33.3 Å². The number of nitrogens with one attached hydrogen (secondary N) is 2. The molecule has 0 atom stereocenters. The van der Waals surface area contributed by atoms with Crippen LogP contribution in [-0.4, -0.2) is 16.8 Å². The first-order valence-electron chi connectivity index (χ1n) is 9.48. The van der Waals surface area contributed by atoms with Crippen LogP contribution in [0.4, 0.5) is 10.1 Å². The van der Waals surface area contributed by atoms with Gasteiger partial charge in [-0.1, -0.05) is 24.3 Å². The fourth-order valence-corrected chi connectivity index (χ4v) is 3.78. The Morgan fingerprint density at radius 2 is 1.94 bits per heavy atom. The van der Waals surface area contributed by atoms with Crippen molar-refractivity contribution in [3.8, 4) is 10.6 Å². The summed E-state index contributed by atoms with van der Waals surface area (Å²) < 4.78 is 18.6. The van der Waals surface area contributed by atoms with Crippen molar-refractivity contribution in [3.63, 3.8) is 0 Å². The van der Waals surface area contributed by atoms with Crippen LogP contribution in [-0.2, 0) is 17.8 Å². The summed E-state index contributed by atoms with van der Waals surface area (Å²) in [6, 6.07) is 16.4. The predicted molar refractivity (Wildman–Crippen MR) is 116 cm³/mol. The third-order valence-electron chi connectivity index (χ3n) is 4.41. The van der Waals surface area contributed by atoms with Crippen LogP contribution in [0.1, 0.15) is 21.8 Å². The van der Waals surface area contributed by atoms with E-state index in [4.69, 9.17) is 4.42 Å². The molecule has 0 aliphatic heterocycles. The first kappa shape index (κ1) is 20.5. The Morgan fingerprint density at radius 3 is 2.74 bits per heavy atom. The number of carbonyl (C=O) groups excluding carboxylic acids is 2. The monoisotopic (exact) mass is 435 g/mol. The van der Waals surface area contributed by atoms with Gasteiger partial charge in [-0.3, -0.25) is 9.59 Å². The second kappa shape index (κ2) is 9.36. The molecule has 2 amide bonds. The first-order chi connectivity index (χ1) is 15.1. The van der Waals surface area contributed by atoms with Gasteiger partial charge in [0.1, 0.15) is 16.6 Å². The summed E-state index contributed by atoms with van der Waals surface area (Å²) in [5, 5.41) is 7.94. The van der Waals surface area contributed by atoms with Crippen molar-refractivity contribution in [2.45, 2.75) is 13.0 Å². The van der Waals surface area contributed by atoms with Crippen LogP contribution in [0.3, 0.4) is 0 Å². The van der Waals surface area contributed by atoms with E-state index >= 15 is 0 Å². The van der Waals surface area contributed by atoms with Crippen LogP contribution >= 0.6 is 11.3 Å². The van der Waals surface area contributed by atoms with Crippen molar-refractivity contribution >= 4 is 28.8 Å². The number of thiazole rings is 1. The molecule has 0 aliphatic rings. The van der Waals surface area contributed by atoms with E-state index in [1.807, 2.05) is 0 Å². The molecular weight excluding hydrogens is 417 g/mol. The van der Waals surface area contributed by atoms with Crippen LogP contribution < -0.4 is 10.6 Å². The fourth-order valence-electron chi connectivity index (χ4n) is 2.97. The molecule has 4 rings (SSSR count). The van der Waals surface area contributed by atoms with Gasteiger partial charge in [0.15, 0.2) is 0 Å². The highest BCUT2D eigenvalue weighted by Gasteiger charge is 2.15. The molecule has 0 aliphatic carbocycles. The van der Waals surface area contributed by atoms with Crippen molar-refractivity contribution in [2.75, 3.05) is 5.32 Å². The summed E-state index contributed by atoms with van der Waals surface area (Å²) in [7, 11) is 0. The fraction of sp³-hybridized carbons (Fsp3) is 0.0870. The van der Waals surface area contributed by atoms with Gasteiger partial charge in [-0.25, -0.2) is 9.37 Å². The molecule has 0 saturated heterocycles. The number of furan rings is 1. The number of rotatable bonds is 7. The highest BCUT2D eigenvalue weighted by atomic mass is 32.1. The summed E-state index contributed by atoms with van der Waals surface area (Å²) in [6.45, 7) is 0.246. The molecule has 2 aromatic carbocycles. The minimum Gasteiger partial charge on any atom is -0.467 e. The molecule has 31 heavy (non-hydrogen) atoms. The van der Waals surface area contributed by atoms with E-state index in [2.05, 4.69) is 15.6 Å². The first-order valence-corrected chi connectivity index (χ1v) is 10.4. The zero-order valence-corrected chi connectivity index (χ0v) is 17.1. The standard InChI is InChI=1S/C23H18FN3O3S/c24-16-6-3-5-15(11-16)23-26-17(14-31-23)12-21(28)27-20-9-2-1-8-19(20)22(29)25-13-18-7-4-10-30-18/h1-11,14H,12-13H2,(H,25,29)(H,27,28). The second-order valence-corrected chi connectivity index (χ2v) is 7.55. The summed E-state index contributed by atoms with van der Waals surface area (Å²) in [6.07, 6.45) is 1.57. The van der Waals surface area contributed by atoms with Crippen molar-refractivity contribution in [2.24, 2.45) is 0 Å². The third kappa shape index (κ3) is 5.23.